The van der Waals surface area contributed by atoms with Crippen molar-refractivity contribution in [2.75, 3.05) is 6.61 Å². The Hall–Kier alpha value is -1.22. The Morgan fingerprint density at radius 1 is 1.56 bits per heavy atom. The highest BCUT2D eigenvalue weighted by molar-refractivity contribution is 6.32. The van der Waals surface area contributed by atoms with E-state index in [2.05, 4.69) is 0 Å². The van der Waals surface area contributed by atoms with Crippen molar-refractivity contribution in [1.29, 1.82) is 0 Å². The standard InChI is InChI=1S/C14H17ClO3/c1-8-5-11(9(2)14(16)17)13(12(15)6-8)18-7-10-3-4-10/h5-6,9-10H,3-4,7H2,1-2H3,(H,16,17). The van der Waals surface area contributed by atoms with E-state index in [1.807, 2.05) is 19.1 Å². The van der Waals surface area contributed by atoms with Gasteiger partial charge in [0.25, 0.3) is 0 Å². The predicted molar refractivity (Wildman–Crippen MR) is 70.5 cm³/mol. The van der Waals surface area contributed by atoms with Crippen LogP contribution in [-0.2, 0) is 4.79 Å². The van der Waals surface area contributed by atoms with Crippen molar-refractivity contribution >= 4 is 17.6 Å². The van der Waals surface area contributed by atoms with E-state index < -0.39 is 11.9 Å². The van der Waals surface area contributed by atoms with Gasteiger partial charge >= 0.3 is 5.97 Å². The Balaban J connectivity index is 2.30. The first-order valence-electron chi connectivity index (χ1n) is 6.14. The third kappa shape index (κ3) is 2.96. The molecule has 1 atom stereocenters. The number of hydrogen-bond acceptors (Lipinski definition) is 2. The molecule has 1 aromatic carbocycles. The van der Waals surface area contributed by atoms with Gasteiger partial charge in [0.15, 0.2) is 0 Å². The number of carboxylic acids is 1. The zero-order valence-corrected chi connectivity index (χ0v) is 11.3. The van der Waals surface area contributed by atoms with Crippen molar-refractivity contribution in [3.63, 3.8) is 0 Å². The zero-order chi connectivity index (χ0) is 13.3. The van der Waals surface area contributed by atoms with Crippen LogP contribution in [0.4, 0.5) is 0 Å². The lowest BCUT2D eigenvalue weighted by Gasteiger charge is -2.16. The molecule has 1 unspecified atom stereocenters. The van der Waals surface area contributed by atoms with E-state index in [9.17, 15) is 4.79 Å². The molecule has 18 heavy (non-hydrogen) atoms. The van der Waals surface area contributed by atoms with Crippen molar-refractivity contribution in [1.82, 2.24) is 0 Å². The largest absolute Gasteiger partial charge is 0.491 e. The number of carbonyl (C=O) groups is 1. The summed E-state index contributed by atoms with van der Waals surface area (Å²) in [6.07, 6.45) is 2.38. The number of aryl methyl sites for hydroxylation is 1. The molecule has 0 saturated heterocycles. The van der Waals surface area contributed by atoms with Gasteiger partial charge in [-0.3, -0.25) is 4.79 Å². The molecule has 0 radical (unpaired) electrons. The summed E-state index contributed by atoms with van der Waals surface area (Å²) in [5.74, 6) is -0.344. The van der Waals surface area contributed by atoms with E-state index >= 15 is 0 Å². The molecule has 1 fully saturated rings. The number of ether oxygens (including phenoxy) is 1. The summed E-state index contributed by atoms with van der Waals surface area (Å²) in [7, 11) is 0. The summed E-state index contributed by atoms with van der Waals surface area (Å²) in [6.45, 7) is 4.17. The van der Waals surface area contributed by atoms with Gasteiger partial charge in [-0.15, -0.1) is 0 Å². The van der Waals surface area contributed by atoms with Gasteiger partial charge in [-0.25, -0.2) is 0 Å². The first kappa shape index (κ1) is 13.2. The molecule has 1 N–H and O–H groups in total. The van der Waals surface area contributed by atoms with Crippen LogP contribution in [0, 0.1) is 12.8 Å². The van der Waals surface area contributed by atoms with Gasteiger partial charge in [0.2, 0.25) is 0 Å². The molecule has 0 aromatic heterocycles. The second-order valence-corrected chi connectivity index (χ2v) is 5.39. The van der Waals surface area contributed by atoms with Gasteiger partial charge < -0.3 is 9.84 Å². The highest BCUT2D eigenvalue weighted by Gasteiger charge is 2.25. The Morgan fingerprint density at radius 2 is 2.22 bits per heavy atom. The smallest absolute Gasteiger partial charge is 0.310 e. The lowest BCUT2D eigenvalue weighted by Crippen LogP contribution is -2.11. The fraction of sp³-hybridized carbons (Fsp3) is 0.500. The molecule has 3 nitrogen and oxygen atoms in total. The van der Waals surface area contributed by atoms with Crippen LogP contribution in [0.15, 0.2) is 12.1 Å². The molecule has 98 valence electrons. The van der Waals surface area contributed by atoms with Crippen LogP contribution < -0.4 is 4.74 Å². The van der Waals surface area contributed by atoms with Crippen LogP contribution in [0.2, 0.25) is 5.02 Å². The van der Waals surface area contributed by atoms with Crippen LogP contribution in [0.3, 0.4) is 0 Å². The molecule has 1 aromatic rings. The normalized spacial score (nSPS) is 16.4. The maximum Gasteiger partial charge on any atom is 0.310 e. The van der Waals surface area contributed by atoms with Crippen LogP contribution in [0.5, 0.6) is 5.75 Å². The van der Waals surface area contributed by atoms with E-state index in [1.165, 1.54) is 12.8 Å². The van der Waals surface area contributed by atoms with Gasteiger partial charge in [0.1, 0.15) is 5.75 Å². The summed E-state index contributed by atoms with van der Waals surface area (Å²) in [4.78, 5) is 11.1. The van der Waals surface area contributed by atoms with Gasteiger partial charge in [-0.05, 0) is 44.2 Å². The number of benzene rings is 1. The molecule has 0 spiro atoms. The van der Waals surface area contributed by atoms with Crippen LogP contribution in [-0.4, -0.2) is 17.7 Å². The van der Waals surface area contributed by atoms with Crippen molar-refractivity contribution < 1.29 is 14.6 Å². The van der Waals surface area contributed by atoms with Crippen molar-refractivity contribution in [2.24, 2.45) is 5.92 Å². The maximum absolute atomic E-state index is 11.1. The number of rotatable bonds is 5. The van der Waals surface area contributed by atoms with Crippen molar-refractivity contribution in [3.8, 4) is 5.75 Å². The second kappa shape index (κ2) is 5.19. The summed E-state index contributed by atoms with van der Waals surface area (Å²) >= 11 is 6.17. The van der Waals surface area contributed by atoms with E-state index in [0.29, 0.717) is 28.9 Å². The topological polar surface area (TPSA) is 46.5 Å². The van der Waals surface area contributed by atoms with Crippen LogP contribution in [0.1, 0.15) is 36.8 Å². The number of halogens is 1. The number of hydrogen-bond donors (Lipinski definition) is 1. The first-order chi connectivity index (χ1) is 8.49. The van der Waals surface area contributed by atoms with E-state index in [4.69, 9.17) is 21.4 Å². The third-order valence-electron chi connectivity index (χ3n) is 3.21. The minimum atomic E-state index is -0.868. The lowest BCUT2D eigenvalue weighted by atomic mass is 9.98. The molecule has 0 heterocycles. The summed E-state index contributed by atoms with van der Waals surface area (Å²) in [5.41, 5.74) is 1.61. The molecule has 0 bridgehead atoms. The highest BCUT2D eigenvalue weighted by Crippen LogP contribution is 2.37. The predicted octanol–water partition coefficient (Wildman–Crippen LogP) is 3.63. The fourth-order valence-corrected chi connectivity index (χ4v) is 2.18. The minimum Gasteiger partial charge on any atom is -0.491 e. The quantitative estimate of drug-likeness (QED) is 0.887. The van der Waals surface area contributed by atoms with E-state index in [-0.39, 0.29) is 0 Å². The van der Waals surface area contributed by atoms with E-state index in [1.54, 1.807) is 6.92 Å². The van der Waals surface area contributed by atoms with Crippen molar-refractivity contribution in [3.05, 3.63) is 28.3 Å². The van der Waals surface area contributed by atoms with Crippen molar-refractivity contribution in [2.45, 2.75) is 32.6 Å². The average molecular weight is 269 g/mol. The monoisotopic (exact) mass is 268 g/mol. The number of aliphatic carboxylic acids is 1. The Labute approximate surface area is 112 Å². The zero-order valence-electron chi connectivity index (χ0n) is 10.6. The SMILES string of the molecule is Cc1cc(Cl)c(OCC2CC2)c(C(C)C(=O)O)c1. The van der Waals surface area contributed by atoms with Gasteiger partial charge in [-0.2, -0.15) is 0 Å². The molecule has 0 amide bonds. The Morgan fingerprint density at radius 3 is 2.78 bits per heavy atom. The Bertz CT molecular complexity index is 466. The van der Waals surface area contributed by atoms with Gasteiger partial charge in [-0.1, -0.05) is 17.7 Å². The molecule has 0 aliphatic heterocycles. The highest BCUT2D eigenvalue weighted by atomic mass is 35.5. The third-order valence-corrected chi connectivity index (χ3v) is 3.49. The molecule has 1 aliphatic carbocycles. The fourth-order valence-electron chi connectivity index (χ4n) is 1.85. The minimum absolute atomic E-state index is 0.499. The molecular weight excluding hydrogens is 252 g/mol. The van der Waals surface area contributed by atoms with E-state index in [0.717, 1.165) is 5.56 Å². The molecular formula is C14H17ClO3. The second-order valence-electron chi connectivity index (χ2n) is 4.98. The summed E-state index contributed by atoms with van der Waals surface area (Å²) in [5, 5.41) is 9.63. The average Bonchev–Trinajstić information content (AvgIpc) is 3.09. The Kier molecular flexibility index (Phi) is 3.81. The number of carboxylic acid groups (broad SMARTS) is 1. The molecule has 1 aliphatic rings. The molecule has 4 heteroatoms. The summed E-state index contributed by atoms with van der Waals surface area (Å²) in [6, 6.07) is 3.65. The molecule has 2 rings (SSSR count). The lowest BCUT2D eigenvalue weighted by molar-refractivity contribution is -0.138. The maximum atomic E-state index is 11.1. The van der Waals surface area contributed by atoms with Gasteiger partial charge in [0, 0.05) is 5.56 Å². The summed E-state index contributed by atoms with van der Waals surface area (Å²) < 4.78 is 5.72. The molecule has 1 saturated carbocycles. The first-order valence-corrected chi connectivity index (χ1v) is 6.52. The van der Waals surface area contributed by atoms with Crippen LogP contribution in [0.25, 0.3) is 0 Å². The van der Waals surface area contributed by atoms with Crippen LogP contribution >= 0.6 is 11.6 Å². The van der Waals surface area contributed by atoms with Gasteiger partial charge in [0.05, 0.1) is 17.5 Å².